The van der Waals surface area contributed by atoms with Crippen molar-refractivity contribution < 1.29 is 18.0 Å². The van der Waals surface area contributed by atoms with E-state index in [-0.39, 0.29) is 17.7 Å². The average molecular weight is 542 g/mol. The van der Waals surface area contributed by atoms with Crippen LogP contribution in [0.1, 0.15) is 39.7 Å². The van der Waals surface area contributed by atoms with E-state index in [2.05, 4.69) is 37.7 Å². The van der Waals surface area contributed by atoms with Gasteiger partial charge in [0.15, 0.2) is 0 Å². The molecule has 2 aromatic carbocycles. The van der Waals surface area contributed by atoms with Crippen LogP contribution in [-0.4, -0.2) is 65.4 Å². The van der Waals surface area contributed by atoms with Crippen molar-refractivity contribution in [3.63, 3.8) is 0 Å². The van der Waals surface area contributed by atoms with E-state index < -0.39 is 17.6 Å². The van der Waals surface area contributed by atoms with Crippen LogP contribution >= 0.6 is 0 Å². The highest BCUT2D eigenvalue weighted by Gasteiger charge is 2.34. The smallest absolute Gasteiger partial charge is 0.379 e. The molecule has 1 aliphatic heterocycles. The number of piperazine rings is 1. The van der Waals surface area contributed by atoms with Gasteiger partial charge in [0, 0.05) is 56.7 Å². The molecular weight excluding hydrogens is 507 g/mol. The maximum atomic E-state index is 14.0. The molecule has 39 heavy (non-hydrogen) atoms. The predicted molar refractivity (Wildman–Crippen MR) is 147 cm³/mol. The third-order valence-electron chi connectivity index (χ3n) is 6.90. The van der Waals surface area contributed by atoms with Crippen molar-refractivity contribution in [3.05, 3.63) is 76.7 Å². The Morgan fingerprint density at radius 3 is 2.38 bits per heavy atom. The normalized spacial score (nSPS) is 14.7. The minimum absolute atomic E-state index is 0.0446. The van der Waals surface area contributed by atoms with Crippen molar-refractivity contribution >= 4 is 23.1 Å². The van der Waals surface area contributed by atoms with E-state index in [1.807, 2.05) is 17.9 Å². The fourth-order valence-corrected chi connectivity index (χ4v) is 4.48. The Hall–Kier alpha value is -3.70. The van der Waals surface area contributed by atoms with Crippen LogP contribution in [0.2, 0.25) is 0 Å². The summed E-state index contributed by atoms with van der Waals surface area (Å²) in [4.78, 5) is 25.8. The van der Waals surface area contributed by atoms with Crippen molar-refractivity contribution in [1.29, 1.82) is 0 Å². The number of alkyl halides is 3. The average Bonchev–Trinajstić information content (AvgIpc) is 2.93. The van der Waals surface area contributed by atoms with E-state index in [1.54, 1.807) is 31.6 Å². The van der Waals surface area contributed by atoms with E-state index in [9.17, 15) is 18.0 Å². The monoisotopic (exact) mass is 541 g/mol. The zero-order chi connectivity index (χ0) is 28.0. The van der Waals surface area contributed by atoms with Crippen LogP contribution in [0.4, 0.5) is 30.4 Å². The molecule has 11 heteroatoms. The zero-order valence-electron chi connectivity index (χ0n) is 22.4. The molecule has 3 N–H and O–H groups in total. The fraction of sp³-hybridized carbons (Fsp3) is 0.393. The number of rotatable bonds is 9. The first-order chi connectivity index (χ1) is 18.7. The third kappa shape index (κ3) is 7.45. The van der Waals surface area contributed by atoms with Crippen LogP contribution in [0, 0.1) is 6.92 Å². The zero-order valence-corrected chi connectivity index (χ0v) is 22.4. The van der Waals surface area contributed by atoms with Crippen LogP contribution in [0.15, 0.2) is 48.8 Å². The van der Waals surface area contributed by atoms with Gasteiger partial charge in [0.25, 0.3) is 5.91 Å². The van der Waals surface area contributed by atoms with Gasteiger partial charge in [-0.2, -0.15) is 13.2 Å². The van der Waals surface area contributed by atoms with E-state index in [4.69, 9.17) is 0 Å². The molecule has 4 rings (SSSR count). The van der Waals surface area contributed by atoms with Crippen LogP contribution in [0.3, 0.4) is 0 Å². The molecule has 0 aliphatic carbocycles. The highest BCUT2D eigenvalue weighted by atomic mass is 19.4. The Morgan fingerprint density at radius 1 is 1.00 bits per heavy atom. The summed E-state index contributed by atoms with van der Waals surface area (Å²) in [5, 5.41) is 8.91. The van der Waals surface area contributed by atoms with Gasteiger partial charge >= 0.3 is 6.18 Å². The SMILES string of the molecule is CCN1CCN(Cc2ccc(C(=O)Nc3ccc(C)c(NCc4cnc(NC)cn4)c3)cc2C(F)(F)F)CC1. The first kappa shape index (κ1) is 28.3. The van der Waals surface area contributed by atoms with Crippen molar-refractivity contribution in [1.82, 2.24) is 19.8 Å². The number of carbonyl (C=O) groups is 1. The first-order valence-corrected chi connectivity index (χ1v) is 13.0. The lowest BCUT2D eigenvalue weighted by atomic mass is 10.0. The number of halogens is 3. The number of nitrogens with zero attached hydrogens (tertiary/aromatic N) is 4. The molecule has 0 atom stereocenters. The van der Waals surface area contributed by atoms with Gasteiger partial charge in [-0.3, -0.25) is 14.7 Å². The van der Waals surface area contributed by atoms with Crippen LogP contribution in [0.5, 0.6) is 0 Å². The number of likely N-dealkylation sites (N-methyl/N-ethyl adjacent to an activating group) is 1. The maximum Gasteiger partial charge on any atom is 0.416 e. The van der Waals surface area contributed by atoms with E-state index in [0.29, 0.717) is 31.1 Å². The Labute approximate surface area is 226 Å². The minimum Gasteiger partial charge on any atom is -0.379 e. The summed E-state index contributed by atoms with van der Waals surface area (Å²) in [6.07, 6.45) is -1.27. The molecule has 0 unspecified atom stereocenters. The molecule has 1 aromatic heterocycles. The van der Waals surface area contributed by atoms with Crippen molar-refractivity contribution in [3.8, 4) is 0 Å². The number of hydrogen-bond acceptors (Lipinski definition) is 7. The number of aryl methyl sites for hydroxylation is 1. The molecule has 0 radical (unpaired) electrons. The van der Waals surface area contributed by atoms with Crippen molar-refractivity contribution in [2.24, 2.45) is 0 Å². The van der Waals surface area contributed by atoms with E-state index in [0.717, 1.165) is 42.6 Å². The lowest BCUT2D eigenvalue weighted by Gasteiger charge is -2.34. The summed E-state index contributed by atoms with van der Waals surface area (Å²) < 4.78 is 41.9. The van der Waals surface area contributed by atoms with E-state index in [1.165, 1.54) is 12.1 Å². The molecule has 208 valence electrons. The second-order valence-corrected chi connectivity index (χ2v) is 9.56. The van der Waals surface area contributed by atoms with Gasteiger partial charge in [-0.25, -0.2) is 4.98 Å². The topological polar surface area (TPSA) is 85.4 Å². The summed E-state index contributed by atoms with van der Waals surface area (Å²) >= 11 is 0. The Balaban J connectivity index is 1.45. The first-order valence-electron chi connectivity index (χ1n) is 13.0. The molecular formula is C28H34F3N7O. The van der Waals surface area contributed by atoms with Gasteiger partial charge in [0.2, 0.25) is 0 Å². The number of nitrogens with one attached hydrogen (secondary N) is 3. The fourth-order valence-electron chi connectivity index (χ4n) is 4.48. The Morgan fingerprint density at radius 2 is 1.74 bits per heavy atom. The summed E-state index contributed by atoms with van der Waals surface area (Å²) in [7, 11) is 1.76. The van der Waals surface area contributed by atoms with Gasteiger partial charge in [0.1, 0.15) is 5.82 Å². The number of anilines is 3. The summed E-state index contributed by atoms with van der Waals surface area (Å²) in [6, 6.07) is 9.13. The summed E-state index contributed by atoms with van der Waals surface area (Å²) in [6.45, 7) is 8.64. The molecule has 1 amide bonds. The van der Waals surface area contributed by atoms with Gasteiger partial charge in [-0.1, -0.05) is 19.1 Å². The third-order valence-corrected chi connectivity index (χ3v) is 6.90. The number of hydrogen-bond donors (Lipinski definition) is 3. The molecule has 1 saturated heterocycles. The highest BCUT2D eigenvalue weighted by Crippen LogP contribution is 2.34. The lowest BCUT2D eigenvalue weighted by Crippen LogP contribution is -2.45. The molecule has 0 saturated carbocycles. The molecule has 3 aromatic rings. The molecule has 8 nitrogen and oxygen atoms in total. The number of carbonyl (C=O) groups excluding carboxylic acids is 1. The molecule has 1 fully saturated rings. The number of amides is 1. The van der Waals surface area contributed by atoms with Gasteiger partial charge in [0.05, 0.1) is 30.2 Å². The second kappa shape index (κ2) is 12.4. The van der Waals surface area contributed by atoms with E-state index >= 15 is 0 Å². The predicted octanol–water partition coefficient (Wildman–Crippen LogP) is 4.85. The largest absolute Gasteiger partial charge is 0.416 e. The Kier molecular flexibility index (Phi) is 9.03. The Bertz CT molecular complexity index is 1270. The maximum absolute atomic E-state index is 14.0. The summed E-state index contributed by atoms with van der Waals surface area (Å²) in [5.74, 6) is 0.0584. The van der Waals surface area contributed by atoms with Crippen molar-refractivity contribution in [2.45, 2.75) is 33.1 Å². The van der Waals surface area contributed by atoms with Gasteiger partial charge in [-0.15, -0.1) is 0 Å². The second-order valence-electron chi connectivity index (χ2n) is 9.56. The summed E-state index contributed by atoms with van der Waals surface area (Å²) in [5.41, 5.74) is 2.27. The quantitative estimate of drug-likeness (QED) is 0.357. The molecule has 0 spiro atoms. The minimum atomic E-state index is -4.56. The van der Waals surface area contributed by atoms with Crippen LogP contribution in [0.25, 0.3) is 0 Å². The lowest BCUT2D eigenvalue weighted by molar-refractivity contribution is -0.138. The molecule has 0 bridgehead atoms. The van der Waals surface area contributed by atoms with Gasteiger partial charge < -0.3 is 20.9 Å². The van der Waals surface area contributed by atoms with Gasteiger partial charge in [-0.05, 0) is 48.9 Å². The number of aromatic nitrogens is 2. The standard InChI is InChI=1S/C28H34F3N7O/c1-4-37-9-11-38(12-10-37)18-21-7-6-20(13-24(21)28(29,30)31)27(39)36-22-8-5-19(2)25(14-22)34-15-23-16-35-26(32-3)17-33-23/h5-8,13-14,16-17,34H,4,9-12,15,18H2,1-3H3,(H,32,35)(H,36,39). The highest BCUT2D eigenvalue weighted by molar-refractivity contribution is 6.04. The van der Waals surface area contributed by atoms with Crippen LogP contribution in [-0.2, 0) is 19.3 Å². The van der Waals surface area contributed by atoms with Crippen molar-refractivity contribution in [2.75, 3.05) is 55.7 Å². The number of benzene rings is 2. The molecule has 1 aliphatic rings. The molecule has 2 heterocycles. The van der Waals surface area contributed by atoms with Crippen LogP contribution < -0.4 is 16.0 Å².